The van der Waals surface area contributed by atoms with Crippen molar-refractivity contribution in [2.45, 2.75) is 84.3 Å². The van der Waals surface area contributed by atoms with E-state index in [4.69, 9.17) is 37.9 Å². The summed E-state index contributed by atoms with van der Waals surface area (Å²) >= 11 is 0. The predicted molar refractivity (Wildman–Crippen MR) is 188 cm³/mol. The van der Waals surface area contributed by atoms with E-state index in [-0.39, 0.29) is 60.9 Å². The molecular weight excluding hydrogens is 695 g/mol. The van der Waals surface area contributed by atoms with Crippen LogP contribution in [0, 0.1) is 23.2 Å². The molecule has 3 aliphatic carbocycles. The number of allylic oxidation sites excluding steroid dienone is 4. The third-order valence-electron chi connectivity index (χ3n) is 10.3. The molecule has 0 spiro atoms. The highest BCUT2D eigenvalue weighted by Gasteiger charge is 2.65. The van der Waals surface area contributed by atoms with Gasteiger partial charge in [0.2, 0.25) is 5.79 Å². The molecule has 0 radical (unpaired) electrons. The lowest BCUT2D eigenvalue weighted by Gasteiger charge is -2.59. The molecule has 2 saturated carbocycles. The zero-order chi connectivity index (χ0) is 38.8. The zero-order valence-corrected chi connectivity index (χ0v) is 31.5. The number of hydrogen-bond acceptors (Lipinski definition) is 13. The molecule has 53 heavy (non-hydrogen) atoms. The number of methoxy groups -OCH3 is 1. The van der Waals surface area contributed by atoms with Gasteiger partial charge in [-0.25, -0.2) is 18.8 Å². The Bertz CT molecular complexity index is 1520. The van der Waals surface area contributed by atoms with Crippen LogP contribution in [-0.2, 0) is 38.0 Å². The number of hydrogen-bond donors (Lipinski definition) is 1. The van der Waals surface area contributed by atoms with E-state index in [1.54, 1.807) is 13.0 Å². The van der Waals surface area contributed by atoms with Gasteiger partial charge in [0.05, 0.1) is 45.2 Å². The molecule has 294 valence electrons. The second-order valence-electron chi connectivity index (χ2n) is 14.3. The summed E-state index contributed by atoms with van der Waals surface area (Å²) in [6.45, 7) is 9.93. The average Bonchev–Trinajstić information content (AvgIpc) is 3.11. The van der Waals surface area contributed by atoms with Gasteiger partial charge in [0, 0.05) is 31.8 Å². The first kappa shape index (κ1) is 41.9. The number of aliphatic hydroxyl groups excluding tert-OH is 1. The molecule has 6 atom stereocenters. The van der Waals surface area contributed by atoms with Crippen molar-refractivity contribution in [2.75, 3.05) is 53.4 Å². The fourth-order valence-corrected chi connectivity index (χ4v) is 7.67. The first-order valence-corrected chi connectivity index (χ1v) is 18.2. The van der Waals surface area contributed by atoms with Gasteiger partial charge in [-0.05, 0) is 81.2 Å². The van der Waals surface area contributed by atoms with Gasteiger partial charge in [0.15, 0.2) is 29.6 Å². The van der Waals surface area contributed by atoms with Crippen LogP contribution in [0.25, 0.3) is 0 Å². The quantitative estimate of drug-likeness (QED) is 0.0640. The molecule has 6 unspecified atom stereocenters. The molecule has 0 amide bonds. The number of fused-ring (bicyclic) bond motifs is 3. The van der Waals surface area contributed by atoms with Crippen molar-refractivity contribution in [3.63, 3.8) is 0 Å². The Hall–Kier alpha value is -3.85. The van der Waals surface area contributed by atoms with Crippen LogP contribution < -0.4 is 9.47 Å². The van der Waals surface area contributed by atoms with Crippen molar-refractivity contribution in [1.29, 1.82) is 0 Å². The Morgan fingerprint density at radius 1 is 1.02 bits per heavy atom. The van der Waals surface area contributed by atoms with Crippen LogP contribution >= 0.6 is 0 Å². The van der Waals surface area contributed by atoms with Crippen LogP contribution in [-0.4, -0.2) is 99.9 Å². The summed E-state index contributed by atoms with van der Waals surface area (Å²) in [5.74, 6) is -3.71. The summed E-state index contributed by atoms with van der Waals surface area (Å²) in [5, 5.41) is 11.1. The van der Waals surface area contributed by atoms with Crippen molar-refractivity contribution in [3.05, 3.63) is 47.6 Å². The minimum Gasteiger partial charge on any atom is -0.493 e. The highest BCUT2D eigenvalue weighted by molar-refractivity contribution is 6.01. The largest absolute Gasteiger partial charge is 0.514 e. The van der Waals surface area contributed by atoms with Crippen LogP contribution in [0.5, 0.6) is 11.5 Å². The van der Waals surface area contributed by atoms with Crippen molar-refractivity contribution in [1.82, 2.24) is 0 Å². The Balaban J connectivity index is 1.21. The van der Waals surface area contributed by atoms with E-state index in [9.17, 15) is 24.3 Å². The van der Waals surface area contributed by atoms with Crippen LogP contribution in [0.4, 0.5) is 9.18 Å². The van der Waals surface area contributed by atoms with E-state index >= 15 is 4.39 Å². The number of aliphatic hydroxyl groups is 1. The molecule has 1 N–H and O–H groups in total. The van der Waals surface area contributed by atoms with Gasteiger partial charge in [-0.15, -0.1) is 0 Å². The van der Waals surface area contributed by atoms with Gasteiger partial charge >= 0.3 is 18.1 Å². The fourth-order valence-electron chi connectivity index (χ4n) is 7.67. The molecule has 0 saturated heterocycles. The molecule has 3 aliphatic rings. The molecule has 1 aromatic rings. The molecule has 0 bridgehead atoms. The lowest BCUT2D eigenvalue weighted by atomic mass is 9.48. The number of ether oxygens (including phenoxy) is 8. The third-order valence-corrected chi connectivity index (χ3v) is 10.3. The first-order chi connectivity index (χ1) is 25.1. The minimum absolute atomic E-state index is 0.00518. The summed E-state index contributed by atoms with van der Waals surface area (Å²) in [6, 6.07) is 4.04. The van der Waals surface area contributed by atoms with Gasteiger partial charge in [-0.3, -0.25) is 4.79 Å². The smallest absolute Gasteiger partial charge is 0.493 e. The van der Waals surface area contributed by atoms with Crippen LogP contribution in [0.1, 0.15) is 77.1 Å². The number of alkyl halides is 1. The van der Waals surface area contributed by atoms with Crippen molar-refractivity contribution < 1.29 is 66.6 Å². The Morgan fingerprint density at radius 2 is 1.74 bits per heavy atom. The van der Waals surface area contributed by atoms with E-state index in [0.29, 0.717) is 44.7 Å². The number of carbonyl (C=O) groups excluding carboxylic acids is 4. The Kier molecular flexibility index (Phi) is 14.6. The Morgan fingerprint density at radius 3 is 2.45 bits per heavy atom. The lowest BCUT2D eigenvalue weighted by Crippen LogP contribution is -2.64. The first-order valence-electron chi connectivity index (χ1n) is 18.2. The summed E-state index contributed by atoms with van der Waals surface area (Å²) in [6.07, 6.45) is 4.79. The number of carbonyl (C=O) groups is 4. The fraction of sp³-hybridized carbons (Fsp3) is 0.641. The molecule has 0 heterocycles. The molecular formula is C39H53FO13. The van der Waals surface area contributed by atoms with Gasteiger partial charge in [0.25, 0.3) is 0 Å². The summed E-state index contributed by atoms with van der Waals surface area (Å²) in [4.78, 5) is 49.5. The standard InChI is InChI=1S/C39H53FO13/c1-7-15-47-17-18-48-19-20-49-35(44)26-8-11-31(32(22-26)46-6)52-36(45)50-24-34(43)53-37(3,4)51-16-13-29-25(2)21-33(42)39(40)30(29)10-9-27-23-28(41)12-14-38(27,39)5/h8,11-12,14,22-23,25,29-30,33,42H,7,9-10,13,15-21,24H2,1-6H3. The van der Waals surface area contributed by atoms with Crippen LogP contribution in [0.15, 0.2) is 42.0 Å². The maximum absolute atomic E-state index is 17.1. The van der Waals surface area contributed by atoms with Gasteiger partial charge < -0.3 is 43.0 Å². The second-order valence-corrected chi connectivity index (χ2v) is 14.3. The van der Waals surface area contributed by atoms with Gasteiger partial charge in [0.1, 0.15) is 6.61 Å². The van der Waals surface area contributed by atoms with Crippen LogP contribution in [0.3, 0.4) is 0 Å². The van der Waals surface area contributed by atoms with E-state index in [0.717, 1.165) is 6.42 Å². The minimum atomic E-state index is -1.95. The van der Waals surface area contributed by atoms with Gasteiger partial charge in [-0.2, -0.15) is 0 Å². The normalized spacial score (nSPS) is 26.5. The molecule has 14 heteroatoms. The lowest BCUT2D eigenvalue weighted by molar-refractivity contribution is -0.223. The van der Waals surface area contributed by atoms with E-state index < -0.39 is 53.6 Å². The molecule has 1 aromatic carbocycles. The molecule has 2 fully saturated rings. The van der Waals surface area contributed by atoms with E-state index in [1.807, 2.05) is 13.8 Å². The second kappa shape index (κ2) is 18.5. The number of rotatable bonds is 18. The number of esters is 2. The zero-order valence-electron chi connectivity index (χ0n) is 31.5. The SMILES string of the molecule is CCCOCCOCCOC(=O)c1ccc(OC(=O)OCC(=O)OC(C)(C)OCCC2C(C)CC(O)C3(F)C2CCC2=CC(=O)C=CC23C)c(OC)c1. The number of ketones is 1. The maximum atomic E-state index is 17.1. The molecule has 13 nitrogen and oxygen atoms in total. The highest BCUT2D eigenvalue weighted by atomic mass is 19.1. The molecule has 4 rings (SSSR count). The topological polar surface area (TPSA) is 162 Å². The van der Waals surface area contributed by atoms with Gasteiger partial charge in [-0.1, -0.05) is 25.5 Å². The molecule has 0 aliphatic heterocycles. The van der Waals surface area contributed by atoms with Crippen LogP contribution in [0.2, 0.25) is 0 Å². The van der Waals surface area contributed by atoms with Crippen molar-refractivity contribution in [3.8, 4) is 11.5 Å². The Labute approximate surface area is 310 Å². The van der Waals surface area contributed by atoms with E-state index in [1.165, 1.54) is 51.3 Å². The van der Waals surface area contributed by atoms with Crippen molar-refractivity contribution >= 4 is 23.9 Å². The number of benzene rings is 1. The average molecular weight is 749 g/mol. The van der Waals surface area contributed by atoms with E-state index in [2.05, 4.69) is 0 Å². The number of halogens is 1. The molecule has 0 aromatic heterocycles. The van der Waals surface area contributed by atoms with Crippen molar-refractivity contribution in [2.24, 2.45) is 23.2 Å². The maximum Gasteiger partial charge on any atom is 0.514 e. The third kappa shape index (κ3) is 10.2. The summed E-state index contributed by atoms with van der Waals surface area (Å²) in [7, 11) is 1.32. The predicted octanol–water partition coefficient (Wildman–Crippen LogP) is 5.70. The summed E-state index contributed by atoms with van der Waals surface area (Å²) in [5.41, 5.74) is -2.17. The summed E-state index contributed by atoms with van der Waals surface area (Å²) < 4.78 is 59.7. The highest BCUT2D eigenvalue weighted by Crippen LogP contribution is 2.62. The monoisotopic (exact) mass is 748 g/mol.